The molecule has 0 radical (unpaired) electrons. The van der Waals surface area contributed by atoms with Crippen LogP contribution in [0.15, 0.2) is 166 Å². The second-order valence-electron chi connectivity index (χ2n) is 19.9. The van der Waals surface area contributed by atoms with Crippen molar-refractivity contribution in [2.75, 3.05) is 0 Å². The van der Waals surface area contributed by atoms with E-state index in [1.54, 1.807) is 87.5 Å². The summed E-state index contributed by atoms with van der Waals surface area (Å²) in [5.74, 6) is -0.156. The van der Waals surface area contributed by atoms with Crippen LogP contribution < -0.4 is 0 Å². The number of Topliss-reactive ketones (excluding diaryl/α,β-unsaturated/α-hetero) is 3. The van der Waals surface area contributed by atoms with Crippen molar-refractivity contribution in [2.45, 2.75) is 128 Å². The lowest BCUT2D eigenvalue weighted by molar-refractivity contribution is -0.123. The van der Waals surface area contributed by atoms with Gasteiger partial charge in [0.25, 0.3) is 0 Å². The molecule has 0 N–H and O–H groups in total. The highest BCUT2D eigenvalue weighted by atomic mass is 32.2. The molecule has 0 aliphatic carbocycles. The maximum atomic E-state index is 13.9. The number of piperidine rings is 3. The van der Waals surface area contributed by atoms with E-state index < -0.39 is 30.1 Å². The van der Waals surface area contributed by atoms with Gasteiger partial charge in [0.15, 0.2) is 0 Å². The number of sulfonamides is 3. The summed E-state index contributed by atoms with van der Waals surface area (Å²) in [5.41, 5.74) is 4.78. The monoisotopic (exact) mass is 1060 g/mol. The molecule has 74 heavy (non-hydrogen) atoms. The second-order valence-corrected chi connectivity index (χ2v) is 25.5. The number of halogens is 2. The Labute approximate surface area is 431 Å². The Hall–Kier alpha value is -6.08. The lowest BCUT2D eigenvalue weighted by Gasteiger charge is -2.32. The van der Waals surface area contributed by atoms with E-state index in [0.717, 1.165) is 60.8 Å². The zero-order valence-corrected chi connectivity index (χ0v) is 42.8. The third-order valence-corrected chi connectivity index (χ3v) is 21.3. The van der Waals surface area contributed by atoms with Crippen molar-refractivity contribution < 1.29 is 48.4 Å². The molecule has 6 aliphatic rings. The van der Waals surface area contributed by atoms with Gasteiger partial charge in [-0.05, 0) is 121 Å². The molecule has 12 rings (SSSR count). The molecule has 0 aromatic heterocycles. The fourth-order valence-corrected chi connectivity index (χ4v) is 17.4. The van der Waals surface area contributed by atoms with Crippen LogP contribution in [0.4, 0.5) is 8.78 Å². The Morgan fingerprint density at radius 3 is 0.919 bits per heavy atom. The summed E-state index contributed by atoms with van der Waals surface area (Å²) in [7, 11) is -10.8. The van der Waals surface area contributed by atoms with E-state index in [0.29, 0.717) is 54.5 Å². The topological polar surface area (TPSA) is 163 Å². The number of carbonyl (C=O) groups is 3. The lowest BCUT2D eigenvalue weighted by Crippen LogP contribution is -2.46. The molecule has 6 aliphatic heterocycles. The number of rotatable bonds is 9. The predicted molar refractivity (Wildman–Crippen MR) is 276 cm³/mol. The molecule has 0 spiro atoms. The Kier molecular flexibility index (Phi) is 14.5. The molecule has 6 aromatic rings. The molecule has 6 saturated heterocycles. The van der Waals surface area contributed by atoms with Gasteiger partial charge in [0.2, 0.25) is 30.1 Å². The molecule has 6 heterocycles. The molecular weight excluding hydrogens is 1000 g/mol. The third-order valence-electron chi connectivity index (χ3n) is 15.2. The molecule has 0 saturated carbocycles. The van der Waals surface area contributed by atoms with Crippen LogP contribution in [-0.2, 0) is 44.5 Å². The van der Waals surface area contributed by atoms with E-state index >= 15 is 0 Å². The van der Waals surface area contributed by atoms with Gasteiger partial charge in [-0.1, -0.05) is 97.1 Å². The number of hydrogen-bond acceptors (Lipinski definition) is 9. The van der Waals surface area contributed by atoms with Gasteiger partial charge in [0.05, 0.1) is 14.7 Å². The van der Waals surface area contributed by atoms with Crippen molar-refractivity contribution in [3.05, 3.63) is 163 Å². The van der Waals surface area contributed by atoms with Crippen molar-refractivity contribution in [1.29, 1.82) is 0 Å². The first-order valence-electron chi connectivity index (χ1n) is 25.0. The maximum absolute atomic E-state index is 13.9. The van der Waals surface area contributed by atoms with E-state index in [1.807, 2.05) is 42.5 Å². The lowest BCUT2D eigenvalue weighted by atomic mass is 10.0. The van der Waals surface area contributed by atoms with Crippen LogP contribution in [0.3, 0.4) is 0 Å². The van der Waals surface area contributed by atoms with Gasteiger partial charge in [-0.3, -0.25) is 14.4 Å². The van der Waals surface area contributed by atoms with Gasteiger partial charge in [-0.2, -0.15) is 12.9 Å². The number of nitrogens with zero attached hydrogens (tertiary/aromatic N) is 3. The SMILES string of the molecule is O=C1CC2CCC(C1)N2S(=O)(=O)c1ccc(-c2ccc(F)cc2)cc1.O=C1CC2CCC(C1)N2S(=O)(=O)c1ccc(-c2ccccc2)cc1.O=C1CC2CCC(C1)N2S(=O)(=O)c1ccc(-c2ccccc2F)cc1. The second kappa shape index (κ2) is 20.9. The third kappa shape index (κ3) is 10.3. The normalized spacial score (nSPS) is 23.9. The zero-order valence-electron chi connectivity index (χ0n) is 40.4. The molecule has 6 unspecified atom stereocenters. The van der Waals surface area contributed by atoms with E-state index in [2.05, 4.69) is 0 Å². The first-order valence-corrected chi connectivity index (χ1v) is 29.3. The Morgan fingerprint density at radius 2 is 0.595 bits per heavy atom. The highest BCUT2D eigenvalue weighted by Crippen LogP contribution is 2.42. The molecule has 6 bridgehead atoms. The van der Waals surface area contributed by atoms with Crippen LogP contribution in [0.2, 0.25) is 0 Å². The molecule has 17 heteroatoms. The quantitative estimate of drug-likeness (QED) is 0.137. The summed E-state index contributed by atoms with van der Waals surface area (Å²) >= 11 is 0. The summed E-state index contributed by atoms with van der Waals surface area (Å²) in [6, 6.07) is 41.2. The number of ketones is 3. The van der Waals surface area contributed by atoms with Gasteiger partial charge in [0, 0.05) is 80.3 Å². The van der Waals surface area contributed by atoms with E-state index in [4.69, 9.17) is 0 Å². The average molecular weight is 1060 g/mol. The molecular formula is C57H55F2N3O9S3. The number of hydrogen-bond donors (Lipinski definition) is 0. The van der Waals surface area contributed by atoms with E-state index in [9.17, 15) is 48.4 Å². The van der Waals surface area contributed by atoms with E-state index in [-0.39, 0.29) is 75.0 Å². The van der Waals surface area contributed by atoms with Gasteiger partial charge in [0.1, 0.15) is 29.0 Å². The summed E-state index contributed by atoms with van der Waals surface area (Å²) < 4.78 is 110. The number of carbonyl (C=O) groups excluding carboxylic acids is 3. The van der Waals surface area contributed by atoms with Crippen LogP contribution in [-0.4, -0.2) is 91.8 Å². The molecule has 12 nitrogen and oxygen atoms in total. The summed E-state index contributed by atoms with van der Waals surface area (Å²) in [6.07, 6.45) is 6.54. The summed E-state index contributed by atoms with van der Waals surface area (Å²) in [6.45, 7) is 0. The predicted octanol–water partition coefficient (Wildman–Crippen LogP) is 9.99. The molecule has 6 fully saturated rings. The van der Waals surface area contributed by atoms with Crippen molar-refractivity contribution in [3.8, 4) is 33.4 Å². The fourth-order valence-electron chi connectivity index (χ4n) is 11.7. The van der Waals surface area contributed by atoms with Crippen LogP contribution in [0.25, 0.3) is 33.4 Å². The average Bonchev–Trinajstić information content (AvgIpc) is 3.98. The minimum atomic E-state index is -3.64. The minimum Gasteiger partial charge on any atom is -0.300 e. The van der Waals surface area contributed by atoms with Crippen molar-refractivity contribution in [3.63, 3.8) is 0 Å². The highest BCUT2D eigenvalue weighted by Gasteiger charge is 2.49. The Morgan fingerprint density at radius 1 is 0.324 bits per heavy atom. The fraction of sp³-hybridized carbons (Fsp3) is 0.316. The molecule has 6 aromatic carbocycles. The molecule has 0 amide bonds. The van der Waals surface area contributed by atoms with Crippen LogP contribution in [0.5, 0.6) is 0 Å². The first-order chi connectivity index (χ1) is 35.5. The largest absolute Gasteiger partial charge is 0.300 e. The van der Waals surface area contributed by atoms with Gasteiger partial charge in [-0.15, -0.1) is 0 Å². The van der Waals surface area contributed by atoms with E-state index in [1.165, 1.54) is 34.6 Å². The smallest absolute Gasteiger partial charge is 0.243 e. The highest BCUT2D eigenvalue weighted by molar-refractivity contribution is 7.89. The summed E-state index contributed by atoms with van der Waals surface area (Å²) in [4.78, 5) is 35.9. The number of benzene rings is 6. The van der Waals surface area contributed by atoms with Crippen LogP contribution in [0.1, 0.15) is 77.0 Å². The Balaban J connectivity index is 0.000000127. The molecule has 6 atom stereocenters. The minimum absolute atomic E-state index is 0.147. The zero-order chi connectivity index (χ0) is 51.9. The Bertz CT molecular complexity index is 3370. The van der Waals surface area contributed by atoms with Crippen molar-refractivity contribution in [2.24, 2.45) is 0 Å². The molecule has 384 valence electrons. The van der Waals surface area contributed by atoms with Gasteiger partial charge >= 0.3 is 0 Å². The summed E-state index contributed by atoms with van der Waals surface area (Å²) in [5, 5.41) is 0. The van der Waals surface area contributed by atoms with Gasteiger partial charge in [-0.25, -0.2) is 34.0 Å². The van der Waals surface area contributed by atoms with Crippen LogP contribution >= 0.6 is 0 Å². The number of fused-ring (bicyclic) bond motifs is 6. The van der Waals surface area contributed by atoms with Crippen LogP contribution in [0, 0.1) is 11.6 Å². The maximum Gasteiger partial charge on any atom is 0.243 e. The first kappa shape index (κ1) is 51.4. The van der Waals surface area contributed by atoms with Gasteiger partial charge < -0.3 is 0 Å². The van der Waals surface area contributed by atoms with Crippen molar-refractivity contribution >= 4 is 47.4 Å². The standard InChI is InChI=1S/2C19H18FNO3S.C19H19NO3S/c20-15-5-1-13(2-6-15)14-3-9-19(10-4-14)25(23,24)21-16-7-8-17(21)12-18(22)11-16;20-19-4-2-1-3-18(19)13-5-9-17(10-6-13)25(23,24)21-14-7-8-15(21)12-16(22)11-14;21-18-12-16-8-9-17(13-18)20(16)24(22,23)19-10-6-15(7-11-19)14-4-2-1-3-5-14/h1-6,9-10,16-17H,7-8,11-12H2;1-6,9-10,14-15H,7-8,11-12H2;1-7,10-11,16-17H,8-9,12-13H2. The van der Waals surface area contributed by atoms with Crippen molar-refractivity contribution in [1.82, 2.24) is 12.9 Å².